The van der Waals surface area contributed by atoms with Crippen molar-refractivity contribution in [3.8, 4) is 0 Å². The molecule has 11 nitrogen and oxygen atoms in total. The number of hydrogen-bond acceptors (Lipinski definition) is 13. The number of rotatable bonds is 15. The van der Waals surface area contributed by atoms with Crippen LogP contribution in [-0.2, 0) is 13.1 Å². The quantitative estimate of drug-likeness (QED) is 0.0722. The number of nitrogens with zero attached hydrogens (tertiary/aromatic N) is 7. The lowest BCUT2D eigenvalue weighted by Crippen LogP contribution is -2.22. The Hall–Kier alpha value is -7.22. The molecule has 0 atom stereocenters. The van der Waals surface area contributed by atoms with E-state index in [4.69, 9.17) is 31.4 Å². The van der Waals surface area contributed by atoms with Crippen molar-refractivity contribution < 1.29 is 0 Å². The zero-order valence-electron chi connectivity index (χ0n) is 36.6. The van der Waals surface area contributed by atoms with Gasteiger partial charge in [0.25, 0.3) is 0 Å². The van der Waals surface area contributed by atoms with Crippen LogP contribution in [0.2, 0.25) is 0 Å². The molecule has 9 aromatic rings. The van der Waals surface area contributed by atoms with E-state index in [1.165, 1.54) is 0 Å². The summed E-state index contributed by atoms with van der Waals surface area (Å²) in [5.74, 6) is 1.95. The Bertz CT molecular complexity index is 2900. The van der Waals surface area contributed by atoms with Gasteiger partial charge in [-0.05, 0) is 132 Å². The third-order valence-electron chi connectivity index (χ3n) is 10.9. The molecule has 0 aliphatic heterocycles. The minimum absolute atomic E-state index is 0.279. The van der Waals surface area contributed by atoms with Gasteiger partial charge in [0.15, 0.2) is 11.3 Å². The summed E-state index contributed by atoms with van der Waals surface area (Å²) in [6.07, 6.45) is 3.15. The maximum Gasteiger partial charge on any atom is 0.164 e. The van der Waals surface area contributed by atoms with Crippen LogP contribution in [0.4, 0.5) is 40.1 Å². The molecule has 4 heterocycles. The van der Waals surface area contributed by atoms with Crippen LogP contribution in [0.3, 0.4) is 0 Å². The smallest absolute Gasteiger partial charge is 0.164 e. The number of benzene rings is 5. The van der Waals surface area contributed by atoms with E-state index in [0.29, 0.717) is 36.0 Å². The van der Waals surface area contributed by atoms with E-state index in [2.05, 4.69) is 138 Å². The number of nitrogens with two attached hydrogens (primary N) is 2. The largest absolute Gasteiger partial charge is 0.399 e. The highest BCUT2D eigenvalue weighted by Crippen LogP contribution is 2.39. The summed E-state index contributed by atoms with van der Waals surface area (Å²) in [7, 11) is 0. The van der Waals surface area contributed by atoms with Crippen molar-refractivity contribution in [3.05, 3.63) is 175 Å². The highest BCUT2D eigenvalue weighted by Gasteiger charge is 2.17. The Morgan fingerprint density at radius 3 is 1.38 bits per heavy atom. The first-order valence-corrected chi connectivity index (χ1v) is 23.1. The van der Waals surface area contributed by atoms with Gasteiger partial charge in [0.2, 0.25) is 0 Å². The molecule has 5 aromatic carbocycles. The summed E-state index contributed by atoms with van der Waals surface area (Å²) >= 11 is 3.34. The number of anilines is 7. The van der Waals surface area contributed by atoms with Crippen molar-refractivity contribution >= 4 is 85.7 Å². The summed E-state index contributed by atoms with van der Waals surface area (Å²) in [4.78, 5) is 34.8. The fourth-order valence-electron chi connectivity index (χ4n) is 7.38. The van der Waals surface area contributed by atoms with Gasteiger partial charge in [0.05, 0.1) is 22.1 Å². The van der Waals surface area contributed by atoms with E-state index < -0.39 is 0 Å². The van der Waals surface area contributed by atoms with Gasteiger partial charge in [0, 0.05) is 61.1 Å². The fourth-order valence-corrected chi connectivity index (χ4v) is 9.14. The van der Waals surface area contributed by atoms with E-state index >= 15 is 0 Å². The van der Waals surface area contributed by atoms with Crippen LogP contribution in [0.5, 0.6) is 0 Å². The number of fused-ring (bicyclic) bond motifs is 2. The van der Waals surface area contributed by atoms with Crippen LogP contribution in [0, 0.1) is 0 Å². The van der Waals surface area contributed by atoms with Gasteiger partial charge in [-0.25, -0.2) is 29.9 Å². The van der Waals surface area contributed by atoms with Crippen LogP contribution in [0.25, 0.3) is 22.1 Å². The van der Waals surface area contributed by atoms with Crippen molar-refractivity contribution in [3.63, 3.8) is 0 Å². The Labute approximate surface area is 387 Å². The van der Waals surface area contributed by atoms with Crippen LogP contribution < -0.4 is 27.0 Å². The maximum atomic E-state index is 6.06. The third kappa shape index (κ3) is 10.3. The van der Waals surface area contributed by atoms with Crippen LogP contribution in [-0.4, -0.2) is 29.9 Å². The van der Waals surface area contributed by atoms with Crippen molar-refractivity contribution in [1.29, 1.82) is 0 Å². The Morgan fingerprint density at radius 2 is 0.954 bits per heavy atom. The fraction of sp³-hybridized carbons (Fsp3) is 0.154. The van der Waals surface area contributed by atoms with Crippen molar-refractivity contribution in [2.24, 2.45) is 0 Å². The molecule has 0 spiro atoms. The highest BCUT2D eigenvalue weighted by atomic mass is 32.2. The minimum atomic E-state index is 0.279. The molecule has 13 heteroatoms. The molecule has 0 aliphatic rings. The van der Waals surface area contributed by atoms with E-state index in [1.54, 1.807) is 36.2 Å². The zero-order chi connectivity index (χ0) is 44.9. The second kappa shape index (κ2) is 19.3. The molecule has 0 saturated carbocycles. The SMILES string of the molecule is CC(C)c1ccc2c(Nc3cc(CN(Cc4ccc(Sc5ccc(N)cc5)c(Nc5ncnc6nc(C(C)C)ccc56)c4)c4ccccc4)ccc3Sc3ccc(N)cc3)ncnc2n1. The molecule has 6 N–H and O–H groups in total. The lowest BCUT2D eigenvalue weighted by atomic mass is 10.1. The minimum Gasteiger partial charge on any atom is -0.399 e. The molecule has 0 bridgehead atoms. The maximum absolute atomic E-state index is 6.06. The first-order valence-electron chi connectivity index (χ1n) is 21.5. The zero-order valence-corrected chi connectivity index (χ0v) is 38.2. The molecule has 4 aromatic heterocycles. The van der Waals surface area contributed by atoms with Gasteiger partial charge >= 0.3 is 0 Å². The number of nitrogens with one attached hydrogen (secondary N) is 2. The first kappa shape index (κ1) is 43.1. The summed E-state index contributed by atoms with van der Waals surface area (Å²) in [5.41, 5.74) is 22.0. The summed E-state index contributed by atoms with van der Waals surface area (Å²) < 4.78 is 0. The standard InChI is InChI=1S/C52H49N11S2/c1-32(2)43-22-20-41-49(59-43)55-30-57-51(41)61-45-26-34(10-24-47(45)64-39-16-12-36(53)13-17-39)28-63(38-8-6-5-7-9-38)29-35-11-25-48(65-40-18-14-37(54)15-19-40)46(27-35)62-52-42-21-23-44(33(3)4)60-50(42)56-31-58-52/h5-27,30-33H,28-29,53-54H2,1-4H3,(H,55,57,59,61)(H,56,58,60,62). The second-order valence-corrected chi connectivity index (χ2v) is 18.6. The van der Waals surface area contributed by atoms with Gasteiger partial charge < -0.3 is 27.0 Å². The predicted molar refractivity (Wildman–Crippen MR) is 269 cm³/mol. The Balaban J connectivity index is 1.07. The third-order valence-corrected chi connectivity index (χ3v) is 13.1. The lowest BCUT2D eigenvalue weighted by molar-refractivity contribution is 0.799. The summed E-state index contributed by atoms with van der Waals surface area (Å²) in [5, 5.41) is 9.09. The van der Waals surface area contributed by atoms with Crippen LogP contribution in [0.1, 0.15) is 62.0 Å². The molecule has 9 rings (SSSR count). The van der Waals surface area contributed by atoms with Gasteiger partial charge in [-0.2, -0.15) is 0 Å². The average Bonchev–Trinajstić information content (AvgIpc) is 3.32. The molecule has 324 valence electrons. The lowest BCUT2D eigenvalue weighted by Gasteiger charge is -2.26. The van der Waals surface area contributed by atoms with E-state index in [9.17, 15) is 0 Å². The van der Waals surface area contributed by atoms with Crippen molar-refractivity contribution in [2.45, 2.75) is 72.2 Å². The highest BCUT2D eigenvalue weighted by molar-refractivity contribution is 7.99. The van der Waals surface area contributed by atoms with Crippen LogP contribution >= 0.6 is 23.5 Å². The van der Waals surface area contributed by atoms with Gasteiger partial charge in [-0.3, -0.25) is 0 Å². The van der Waals surface area contributed by atoms with Gasteiger partial charge in [-0.1, -0.05) is 81.6 Å². The molecular weight excluding hydrogens is 843 g/mol. The van der Waals surface area contributed by atoms with E-state index in [1.807, 2.05) is 54.6 Å². The molecule has 0 unspecified atom stereocenters. The first-order chi connectivity index (χ1) is 31.6. The average molecular weight is 892 g/mol. The molecule has 0 radical (unpaired) electrons. The molecule has 0 saturated heterocycles. The Morgan fingerprint density at radius 1 is 0.508 bits per heavy atom. The van der Waals surface area contributed by atoms with Crippen molar-refractivity contribution in [1.82, 2.24) is 29.9 Å². The number of pyridine rings is 2. The summed E-state index contributed by atoms with van der Waals surface area (Å²) in [6, 6.07) is 47.8. The predicted octanol–water partition coefficient (Wildman–Crippen LogP) is 12.8. The van der Waals surface area contributed by atoms with E-state index in [-0.39, 0.29) is 11.8 Å². The van der Waals surface area contributed by atoms with Crippen LogP contribution in [0.15, 0.2) is 172 Å². The molecule has 65 heavy (non-hydrogen) atoms. The van der Waals surface area contributed by atoms with Gasteiger partial charge in [-0.15, -0.1) is 0 Å². The molecule has 0 amide bonds. The Kier molecular flexibility index (Phi) is 12.8. The number of hydrogen-bond donors (Lipinski definition) is 4. The number of para-hydroxylation sites is 1. The van der Waals surface area contributed by atoms with Gasteiger partial charge in [0.1, 0.15) is 24.3 Å². The normalized spacial score (nSPS) is 11.4. The monoisotopic (exact) mass is 891 g/mol. The number of aromatic nitrogens is 6. The van der Waals surface area contributed by atoms with Crippen molar-refractivity contribution in [2.75, 3.05) is 27.0 Å². The molecule has 0 fully saturated rings. The number of nitrogen functional groups attached to an aromatic ring is 2. The summed E-state index contributed by atoms with van der Waals surface area (Å²) in [6.45, 7) is 9.78. The van der Waals surface area contributed by atoms with E-state index in [0.717, 1.165) is 81.3 Å². The topological polar surface area (TPSA) is 157 Å². The second-order valence-electron chi connectivity index (χ2n) is 16.4. The molecular formula is C52H49N11S2. The molecule has 0 aliphatic carbocycles.